The van der Waals surface area contributed by atoms with E-state index in [0.717, 1.165) is 12.0 Å². The van der Waals surface area contributed by atoms with Gasteiger partial charge in [-0.05, 0) is 13.3 Å². The number of hydrogen-bond donors (Lipinski definition) is 1. The molecule has 1 amide bonds. The summed E-state index contributed by atoms with van der Waals surface area (Å²) in [7, 11) is 0. The molecular weight excluding hydrogens is 138 g/mol. The van der Waals surface area contributed by atoms with Crippen LogP contribution in [0.5, 0.6) is 0 Å². The van der Waals surface area contributed by atoms with Gasteiger partial charge in [0.05, 0.1) is 0 Å². The molecule has 0 fully saturated rings. The van der Waals surface area contributed by atoms with Gasteiger partial charge in [-0.1, -0.05) is 24.3 Å². The molecule has 0 aliphatic rings. The number of amides is 1. The van der Waals surface area contributed by atoms with Crippen LogP contribution in [0.3, 0.4) is 0 Å². The lowest BCUT2D eigenvalue weighted by atomic mass is 10.2. The van der Waals surface area contributed by atoms with Crippen LogP contribution in [-0.2, 0) is 4.79 Å². The zero-order chi connectivity index (χ0) is 8.69. The molecule has 0 aromatic heterocycles. The monoisotopic (exact) mass is 153 g/mol. The van der Waals surface area contributed by atoms with E-state index in [1.54, 1.807) is 0 Å². The minimum Gasteiger partial charge on any atom is -0.353 e. The summed E-state index contributed by atoms with van der Waals surface area (Å²) in [6.07, 6.45) is 4.83. The van der Waals surface area contributed by atoms with Gasteiger partial charge in [-0.25, -0.2) is 0 Å². The molecule has 0 radical (unpaired) electrons. The summed E-state index contributed by atoms with van der Waals surface area (Å²) in [4.78, 5) is 10.5. The van der Waals surface area contributed by atoms with Gasteiger partial charge < -0.3 is 5.32 Å². The van der Waals surface area contributed by atoms with Crippen molar-refractivity contribution in [1.82, 2.24) is 5.32 Å². The quantitative estimate of drug-likeness (QED) is 0.611. The van der Waals surface area contributed by atoms with Gasteiger partial charge in [0.2, 0.25) is 5.91 Å². The van der Waals surface area contributed by atoms with Gasteiger partial charge in [0.25, 0.3) is 0 Å². The van der Waals surface area contributed by atoms with E-state index in [0.29, 0.717) is 6.54 Å². The first-order valence-corrected chi connectivity index (χ1v) is 3.69. The van der Waals surface area contributed by atoms with E-state index >= 15 is 0 Å². The Morgan fingerprint density at radius 1 is 1.64 bits per heavy atom. The molecule has 0 aliphatic carbocycles. The van der Waals surface area contributed by atoms with E-state index in [1.807, 2.05) is 19.1 Å². The lowest BCUT2D eigenvalue weighted by molar-refractivity contribution is -0.118. The van der Waals surface area contributed by atoms with Crippen LogP contribution in [0.25, 0.3) is 0 Å². The summed E-state index contributed by atoms with van der Waals surface area (Å²) in [5.41, 5.74) is 1.03. The molecule has 0 unspecified atom stereocenters. The minimum absolute atomic E-state index is 0.00775. The molecule has 0 rings (SSSR count). The van der Waals surface area contributed by atoms with E-state index in [4.69, 9.17) is 0 Å². The number of rotatable bonds is 4. The van der Waals surface area contributed by atoms with E-state index in [1.165, 1.54) is 6.92 Å². The Bertz CT molecular complexity index is 170. The standard InChI is InChI=1S/C9H15NO/c1-4-5-6-8(2)7-10-9(3)11/h4-5H,2,6-7H2,1,3H3,(H,10,11)/b5-4+. The van der Waals surface area contributed by atoms with Gasteiger partial charge >= 0.3 is 0 Å². The van der Waals surface area contributed by atoms with Gasteiger partial charge in [-0.2, -0.15) is 0 Å². The van der Waals surface area contributed by atoms with Crippen molar-refractivity contribution in [3.05, 3.63) is 24.3 Å². The predicted molar refractivity (Wildman–Crippen MR) is 47.3 cm³/mol. The van der Waals surface area contributed by atoms with Gasteiger partial charge in [0, 0.05) is 13.5 Å². The average molecular weight is 153 g/mol. The average Bonchev–Trinajstić information content (AvgIpc) is 1.97. The van der Waals surface area contributed by atoms with Crippen molar-refractivity contribution in [2.75, 3.05) is 6.54 Å². The van der Waals surface area contributed by atoms with E-state index in [9.17, 15) is 4.79 Å². The Kier molecular flexibility index (Phi) is 5.17. The van der Waals surface area contributed by atoms with Crippen LogP contribution in [0.15, 0.2) is 24.3 Å². The van der Waals surface area contributed by atoms with Crippen LogP contribution in [0.1, 0.15) is 20.3 Å². The van der Waals surface area contributed by atoms with Crippen molar-refractivity contribution in [1.29, 1.82) is 0 Å². The molecule has 0 atom stereocenters. The maximum absolute atomic E-state index is 10.5. The van der Waals surface area contributed by atoms with Crippen LogP contribution >= 0.6 is 0 Å². The first-order chi connectivity index (χ1) is 5.16. The van der Waals surface area contributed by atoms with Crippen LogP contribution in [-0.4, -0.2) is 12.5 Å². The molecule has 0 saturated carbocycles. The summed E-state index contributed by atoms with van der Waals surface area (Å²) in [5.74, 6) is -0.00775. The normalized spacial score (nSPS) is 10.0. The van der Waals surface area contributed by atoms with Crippen molar-refractivity contribution < 1.29 is 4.79 Å². The number of hydrogen-bond acceptors (Lipinski definition) is 1. The molecule has 0 bridgehead atoms. The Balaban J connectivity index is 3.45. The SMILES string of the molecule is C=C(C/C=C/C)CNC(C)=O. The third-order valence-corrected chi connectivity index (χ3v) is 1.23. The third kappa shape index (κ3) is 6.84. The summed E-state index contributed by atoms with van der Waals surface area (Å²) >= 11 is 0. The second-order valence-electron chi connectivity index (χ2n) is 2.43. The molecule has 0 heterocycles. The fourth-order valence-corrected chi connectivity index (χ4v) is 0.606. The minimum atomic E-state index is -0.00775. The fourth-order valence-electron chi connectivity index (χ4n) is 0.606. The highest BCUT2D eigenvalue weighted by atomic mass is 16.1. The number of allylic oxidation sites excluding steroid dienone is 2. The van der Waals surface area contributed by atoms with Gasteiger partial charge in [0.15, 0.2) is 0 Å². The molecule has 0 aromatic rings. The Hall–Kier alpha value is -1.05. The van der Waals surface area contributed by atoms with E-state index in [2.05, 4.69) is 11.9 Å². The van der Waals surface area contributed by atoms with Crippen molar-refractivity contribution in [3.63, 3.8) is 0 Å². The van der Waals surface area contributed by atoms with Gasteiger partial charge in [-0.15, -0.1) is 0 Å². The molecule has 62 valence electrons. The highest BCUT2D eigenvalue weighted by Crippen LogP contribution is 1.96. The maximum Gasteiger partial charge on any atom is 0.217 e. The van der Waals surface area contributed by atoms with Crippen molar-refractivity contribution in [2.45, 2.75) is 20.3 Å². The highest BCUT2D eigenvalue weighted by molar-refractivity contribution is 5.73. The van der Waals surface area contributed by atoms with Gasteiger partial charge in [0.1, 0.15) is 0 Å². The van der Waals surface area contributed by atoms with Crippen LogP contribution in [0, 0.1) is 0 Å². The Morgan fingerprint density at radius 3 is 2.73 bits per heavy atom. The summed E-state index contributed by atoms with van der Waals surface area (Å²) in [6.45, 7) is 7.85. The summed E-state index contributed by atoms with van der Waals surface area (Å²) in [6, 6.07) is 0. The molecule has 0 aliphatic heterocycles. The fraction of sp³-hybridized carbons (Fsp3) is 0.444. The molecule has 2 nitrogen and oxygen atoms in total. The van der Waals surface area contributed by atoms with Crippen LogP contribution in [0.4, 0.5) is 0 Å². The molecule has 2 heteroatoms. The molecule has 0 saturated heterocycles. The topological polar surface area (TPSA) is 29.1 Å². The zero-order valence-corrected chi connectivity index (χ0v) is 7.18. The van der Waals surface area contributed by atoms with Crippen molar-refractivity contribution >= 4 is 5.91 Å². The van der Waals surface area contributed by atoms with Crippen LogP contribution < -0.4 is 5.32 Å². The second-order valence-corrected chi connectivity index (χ2v) is 2.43. The second kappa shape index (κ2) is 5.71. The molecule has 0 spiro atoms. The largest absolute Gasteiger partial charge is 0.353 e. The zero-order valence-electron chi connectivity index (χ0n) is 7.18. The molecule has 11 heavy (non-hydrogen) atoms. The van der Waals surface area contributed by atoms with Crippen LogP contribution in [0.2, 0.25) is 0 Å². The lowest BCUT2D eigenvalue weighted by Gasteiger charge is -2.02. The smallest absolute Gasteiger partial charge is 0.217 e. The first kappa shape index (κ1) is 9.95. The molecule has 1 N–H and O–H groups in total. The van der Waals surface area contributed by atoms with E-state index in [-0.39, 0.29) is 5.91 Å². The number of nitrogens with one attached hydrogen (secondary N) is 1. The third-order valence-electron chi connectivity index (χ3n) is 1.23. The predicted octanol–water partition coefficient (Wildman–Crippen LogP) is 1.64. The Morgan fingerprint density at radius 2 is 2.27 bits per heavy atom. The molecular formula is C9H15NO. The summed E-state index contributed by atoms with van der Waals surface area (Å²) < 4.78 is 0. The van der Waals surface area contributed by atoms with Gasteiger partial charge in [-0.3, -0.25) is 4.79 Å². The van der Waals surface area contributed by atoms with Crippen molar-refractivity contribution in [3.8, 4) is 0 Å². The maximum atomic E-state index is 10.5. The summed E-state index contributed by atoms with van der Waals surface area (Å²) in [5, 5.41) is 2.68. The van der Waals surface area contributed by atoms with E-state index < -0.39 is 0 Å². The van der Waals surface area contributed by atoms with Crippen molar-refractivity contribution in [2.24, 2.45) is 0 Å². The number of carbonyl (C=O) groups excluding carboxylic acids is 1. The molecule has 0 aromatic carbocycles. The lowest BCUT2D eigenvalue weighted by Crippen LogP contribution is -2.21. The first-order valence-electron chi connectivity index (χ1n) is 3.69. The Labute approximate surface area is 68.0 Å². The number of carbonyl (C=O) groups is 1. The highest BCUT2D eigenvalue weighted by Gasteiger charge is 1.92.